The lowest BCUT2D eigenvalue weighted by molar-refractivity contribution is -0.119. The van der Waals surface area contributed by atoms with Gasteiger partial charge in [0.25, 0.3) is 0 Å². The van der Waals surface area contributed by atoms with E-state index in [-0.39, 0.29) is 40.5 Å². The summed E-state index contributed by atoms with van der Waals surface area (Å²) in [6, 6.07) is 14.7. The van der Waals surface area contributed by atoms with Crippen molar-refractivity contribution in [2.24, 2.45) is 16.7 Å². The van der Waals surface area contributed by atoms with E-state index in [1.54, 1.807) is 0 Å². The molecule has 3 N–H and O–H groups in total. The fourth-order valence-corrected chi connectivity index (χ4v) is 3.91. The molecule has 0 aliphatic heterocycles. The van der Waals surface area contributed by atoms with E-state index < -0.39 is 0 Å². The molecule has 2 unspecified atom stereocenters. The molecule has 6 heteroatoms. The number of carbonyl (C=O) groups excluding carboxylic acids is 3. The maximum Gasteiger partial charge on any atom is 0.228 e. The quantitative estimate of drug-likeness (QED) is 0.538. The SMILES string of the molecule is CC(=O)NC(c1ccc(NC(=O)CC(C)(C)C)cc1)c1ccc(NC(=O)C2CC2(C)C)cc1. The average molecular weight is 450 g/mol. The first kappa shape index (κ1) is 24.5. The van der Waals surface area contributed by atoms with Gasteiger partial charge in [0.2, 0.25) is 17.7 Å². The monoisotopic (exact) mass is 449 g/mol. The van der Waals surface area contributed by atoms with Gasteiger partial charge in [-0.1, -0.05) is 58.9 Å². The molecule has 1 saturated carbocycles. The van der Waals surface area contributed by atoms with Crippen LogP contribution in [0.4, 0.5) is 11.4 Å². The van der Waals surface area contributed by atoms with Crippen molar-refractivity contribution in [1.82, 2.24) is 5.32 Å². The third-order valence-corrected chi connectivity index (χ3v) is 5.91. The molecule has 1 aliphatic carbocycles. The van der Waals surface area contributed by atoms with Crippen LogP contribution in [-0.2, 0) is 14.4 Å². The Hall–Kier alpha value is -3.15. The largest absolute Gasteiger partial charge is 0.345 e. The molecule has 0 radical (unpaired) electrons. The van der Waals surface area contributed by atoms with E-state index in [9.17, 15) is 14.4 Å². The highest BCUT2D eigenvalue weighted by Crippen LogP contribution is 2.52. The molecule has 176 valence electrons. The van der Waals surface area contributed by atoms with Gasteiger partial charge in [0.1, 0.15) is 0 Å². The zero-order chi connectivity index (χ0) is 24.4. The minimum Gasteiger partial charge on any atom is -0.345 e. The molecule has 0 bridgehead atoms. The Balaban J connectivity index is 1.71. The van der Waals surface area contributed by atoms with Crippen LogP contribution in [0.2, 0.25) is 0 Å². The molecule has 2 aromatic rings. The van der Waals surface area contributed by atoms with E-state index in [1.165, 1.54) is 6.92 Å². The van der Waals surface area contributed by atoms with E-state index in [0.717, 1.165) is 28.9 Å². The summed E-state index contributed by atoms with van der Waals surface area (Å²) in [5, 5.41) is 8.89. The van der Waals surface area contributed by atoms with Crippen molar-refractivity contribution in [3.05, 3.63) is 59.7 Å². The molecular formula is C27H35N3O3. The molecular weight excluding hydrogens is 414 g/mol. The Bertz CT molecular complexity index is 1020. The molecule has 0 aromatic heterocycles. The van der Waals surface area contributed by atoms with Crippen molar-refractivity contribution in [2.75, 3.05) is 10.6 Å². The van der Waals surface area contributed by atoms with Gasteiger partial charge in [0.05, 0.1) is 6.04 Å². The summed E-state index contributed by atoms with van der Waals surface area (Å²) in [7, 11) is 0. The summed E-state index contributed by atoms with van der Waals surface area (Å²) in [5.41, 5.74) is 3.26. The van der Waals surface area contributed by atoms with Crippen LogP contribution in [0.3, 0.4) is 0 Å². The number of hydrogen-bond donors (Lipinski definition) is 3. The second-order valence-corrected chi connectivity index (χ2v) is 10.9. The van der Waals surface area contributed by atoms with E-state index in [1.807, 2.05) is 69.3 Å². The summed E-state index contributed by atoms with van der Waals surface area (Å²) in [6.45, 7) is 11.8. The molecule has 3 rings (SSSR count). The Morgan fingerprint density at radius 2 is 1.36 bits per heavy atom. The third kappa shape index (κ3) is 6.91. The van der Waals surface area contributed by atoms with Gasteiger partial charge in [-0.25, -0.2) is 0 Å². The van der Waals surface area contributed by atoms with Crippen LogP contribution in [0.15, 0.2) is 48.5 Å². The van der Waals surface area contributed by atoms with Gasteiger partial charge >= 0.3 is 0 Å². The fraction of sp³-hybridized carbons (Fsp3) is 0.444. The van der Waals surface area contributed by atoms with Crippen LogP contribution >= 0.6 is 0 Å². The standard InChI is InChI=1S/C27H35N3O3/c1-17(31)28-24(18-7-11-20(12-8-18)29-23(32)16-26(2,3)4)19-9-13-21(14-10-19)30-25(33)22-15-27(22,5)6/h7-14,22,24H,15-16H2,1-6H3,(H,28,31)(H,29,32)(H,30,33). The van der Waals surface area contributed by atoms with Crippen LogP contribution in [0.25, 0.3) is 0 Å². The number of nitrogens with one attached hydrogen (secondary N) is 3. The van der Waals surface area contributed by atoms with Crippen molar-refractivity contribution < 1.29 is 14.4 Å². The molecule has 2 atom stereocenters. The topological polar surface area (TPSA) is 87.3 Å². The highest BCUT2D eigenvalue weighted by atomic mass is 16.2. The van der Waals surface area contributed by atoms with Crippen LogP contribution < -0.4 is 16.0 Å². The average Bonchev–Trinajstić information content (AvgIpc) is 3.34. The summed E-state index contributed by atoms with van der Waals surface area (Å²) < 4.78 is 0. The second kappa shape index (κ2) is 9.38. The van der Waals surface area contributed by atoms with Crippen molar-refractivity contribution in [2.45, 2.75) is 60.4 Å². The molecule has 0 spiro atoms. The molecule has 3 amide bonds. The molecule has 0 saturated heterocycles. The lowest BCUT2D eigenvalue weighted by Crippen LogP contribution is -2.27. The normalized spacial score (nSPS) is 17.6. The molecule has 6 nitrogen and oxygen atoms in total. The summed E-state index contributed by atoms with van der Waals surface area (Å²) in [5.74, 6) is -0.0567. The lowest BCUT2D eigenvalue weighted by atomic mass is 9.92. The Kier molecular flexibility index (Phi) is 6.96. The zero-order valence-electron chi connectivity index (χ0n) is 20.4. The van der Waals surface area contributed by atoms with Gasteiger partial charge in [-0.15, -0.1) is 0 Å². The maximum absolute atomic E-state index is 12.4. The first-order valence-corrected chi connectivity index (χ1v) is 11.4. The smallest absolute Gasteiger partial charge is 0.228 e. The first-order chi connectivity index (χ1) is 15.3. The molecule has 33 heavy (non-hydrogen) atoms. The van der Waals surface area contributed by atoms with Crippen LogP contribution in [-0.4, -0.2) is 17.7 Å². The number of anilines is 2. The summed E-state index contributed by atoms with van der Waals surface area (Å²) in [4.78, 5) is 36.4. The number of hydrogen-bond acceptors (Lipinski definition) is 3. The molecule has 1 fully saturated rings. The van der Waals surface area contributed by atoms with Crippen LogP contribution in [0, 0.1) is 16.7 Å². The van der Waals surface area contributed by atoms with Gasteiger partial charge in [0.15, 0.2) is 0 Å². The molecule has 1 aliphatic rings. The highest BCUT2D eigenvalue weighted by Gasteiger charge is 2.50. The van der Waals surface area contributed by atoms with Crippen molar-refractivity contribution in [1.29, 1.82) is 0 Å². The minimum atomic E-state index is -0.339. The second-order valence-electron chi connectivity index (χ2n) is 10.9. The lowest BCUT2D eigenvalue weighted by Gasteiger charge is -2.20. The predicted octanol–water partition coefficient (Wildman–Crippen LogP) is 5.27. The van der Waals surface area contributed by atoms with Crippen molar-refractivity contribution in [3.8, 4) is 0 Å². The maximum atomic E-state index is 12.4. The number of carbonyl (C=O) groups is 3. The van der Waals surface area contributed by atoms with Crippen molar-refractivity contribution >= 4 is 29.1 Å². The fourth-order valence-electron chi connectivity index (χ4n) is 3.91. The van der Waals surface area contributed by atoms with E-state index in [2.05, 4.69) is 29.8 Å². The Morgan fingerprint density at radius 1 is 0.909 bits per heavy atom. The Morgan fingerprint density at radius 3 is 1.76 bits per heavy atom. The summed E-state index contributed by atoms with van der Waals surface area (Å²) >= 11 is 0. The third-order valence-electron chi connectivity index (χ3n) is 5.91. The van der Waals surface area contributed by atoms with Gasteiger partial charge < -0.3 is 16.0 Å². The van der Waals surface area contributed by atoms with Crippen LogP contribution in [0.5, 0.6) is 0 Å². The van der Waals surface area contributed by atoms with E-state index in [4.69, 9.17) is 0 Å². The number of amides is 3. The van der Waals surface area contributed by atoms with E-state index >= 15 is 0 Å². The predicted molar refractivity (Wildman–Crippen MR) is 132 cm³/mol. The number of rotatable bonds is 7. The van der Waals surface area contributed by atoms with Gasteiger partial charge in [-0.3, -0.25) is 14.4 Å². The number of benzene rings is 2. The molecule has 2 aromatic carbocycles. The molecule has 0 heterocycles. The van der Waals surface area contributed by atoms with Gasteiger partial charge in [-0.2, -0.15) is 0 Å². The van der Waals surface area contributed by atoms with E-state index in [0.29, 0.717) is 6.42 Å². The first-order valence-electron chi connectivity index (χ1n) is 11.4. The van der Waals surface area contributed by atoms with Gasteiger partial charge in [0, 0.05) is 30.6 Å². The van der Waals surface area contributed by atoms with Gasteiger partial charge in [-0.05, 0) is 52.6 Å². The van der Waals surface area contributed by atoms with Crippen LogP contribution in [0.1, 0.15) is 71.6 Å². The highest BCUT2D eigenvalue weighted by molar-refractivity contribution is 5.95. The Labute approximate surface area is 196 Å². The zero-order valence-corrected chi connectivity index (χ0v) is 20.4. The minimum absolute atomic E-state index is 0.0270. The van der Waals surface area contributed by atoms with Crippen molar-refractivity contribution in [3.63, 3.8) is 0 Å². The summed E-state index contributed by atoms with van der Waals surface area (Å²) in [6.07, 6.45) is 1.35.